The molecule has 1 aliphatic rings. The highest BCUT2D eigenvalue weighted by Crippen LogP contribution is 2.27. The molecule has 20 heavy (non-hydrogen) atoms. The van der Waals surface area contributed by atoms with Crippen molar-refractivity contribution in [2.24, 2.45) is 0 Å². The number of likely N-dealkylation sites (N-methyl/N-ethyl adjacent to an activating group) is 1. The second-order valence-corrected chi connectivity index (χ2v) is 5.77. The van der Waals surface area contributed by atoms with Crippen LogP contribution in [0.4, 0.5) is 5.82 Å². The molecule has 0 aliphatic carbocycles. The van der Waals surface area contributed by atoms with Gasteiger partial charge in [-0.2, -0.15) is 0 Å². The molecule has 0 spiro atoms. The number of nitrogens with zero attached hydrogens (tertiary/aromatic N) is 4. The average Bonchev–Trinajstić information content (AvgIpc) is 2.85. The van der Waals surface area contributed by atoms with Gasteiger partial charge < -0.3 is 9.88 Å². The van der Waals surface area contributed by atoms with Gasteiger partial charge in [-0.25, -0.2) is 9.97 Å². The Morgan fingerprint density at radius 1 is 1.25 bits per heavy atom. The van der Waals surface area contributed by atoms with E-state index in [1.165, 1.54) is 0 Å². The summed E-state index contributed by atoms with van der Waals surface area (Å²) in [7, 11) is 0. The van der Waals surface area contributed by atoms with Crippen molar-refractivity contribution in [2.75, 3.05) is 24.5 Å². The lowest BCUT2D eigenvalue weighted by Crippen LogP contribution is -2.56. The van der Waals surface area contributed by atoms with Crippen LogP contribution in [-0.4, -0.2) is 51.6 Å². The number of fused-ring (bicyclic) bond motifs is 1. The Hall–Kier alpha value is -1.62. The Labute approximate surface area is 120 Å². The number of anilines is 1. The summed E-state index contributed by atoms with van der Waals surface area (Å²) in [5.74, 6) is 1.90. The molecule has 0 unspecified atom stereocenters. The minimum absolute atomic E-state index is 0.549. The predicted molar refractivity (Wildman–Crippen MR) is 82.1 cm³/mol. The molecule has 2 aromatic rings. The number of rotatable bonds is 2. The highest BCUT2D eigenvalue weighted by molar-refractivity contribution is 5.87. The van der Waals surface area contributed by atoms with Crippen LogP contribution in [0.2, 0.25) is 0 Å². The molecular formula is C15H23N5. The zero-order valence-electron chi connectivity index (χ0n) is 12.7. The molecule has 1 saturated heterocycles. The van der Waals surface area contributed by atoms with E-state index in [4.69, 9.17) is 4.98 Å². The van der Waals surface area contributed by atoms with Crippen molar-refractivity contribution < 1.29 is 0 Å². The Morgan fingerprint density at radius 2 is 1.95 bits per heavy atom. The molecule has 1 fully saturated rings. The van der Waals surface area contributed by atoms with Gasteiger partial charge in [-0.1, -0.05) is 6.92 Å². The van der Waals surface area contributed by atoms with Gasteiger partial charge in [0.25, 0.3) is 0 Å². The van der Waals surface area contributed by atoms with Gasteiger partial charge in [-0.05, 0) is 33.4 Å². The fourth-order valence-corrected chi connectivity index (χ4v) is 3.43. The van der Waals surface area contributed by atoms with E-state index >= 15 is 0 Å². The fourth-order valence-electron chi connectivity index (χ4n) is 3.43. The molecule has 5 nitrogen and oxygen atoms in total. The smallest absolute Gasteiger partial charge is 0.143 e. The number of H-pyrrole nitrogens is 1. The van der Waals surface area contributed by atoms with E-state index in [1.807, 2.05) is 13.1 Å². The maximum atomic E-state index is 4.69. The van der Waals surface area contributed by atoms with E-state index in [0.717, 1.165) is 42.3 Å². The first-order chi connectivity index (χ1) is 9.60. The first-order valence-electron chi connectivity index (χ1n) is 7.42. The summed E-state index contributed by atoms with van der Waals surface area (Å²) in [6.45, 7) is 12.0. The zero-order chi connectivity index (χ0) is 14.3. The highest BCUT2D eigenvalue weighted by atomic mass is 15.3. The molecule has 1 aliphatic heterocycles. The van der Waals surface area contributed by atoms with Crippen molar-refractivity contribution in [3.05, 3.63) is 18.1 Å². The van der Waals surface area contributed by atoms with Crippen LogP contribution in [0.15, 0.2) is 12.3 Å². The van der Waals surface area contributed by atoms with Crippen LogP contribution >= 0.6 is 0 Å². The third-order valence-corrected chi connectivity index (χ3v) is 4.27. The number of aromatic amines is 1. The lowest BCUT2D eigenvalue weighted by Gasteiger charge is -2.44. The van der Waals surface area contributed by atoms with Gasteiger partial charge in [0.2, 0.25) is 0 Å². The normalized spacial score (nSPS) is 24.5. The van der Waals surface area contributed by atoms with Crippen molar-refractivity contribution in [2.45, 2.75) is 39.8 Å². The van der Waals surface area contributed by atoms with E-state index in [-0.39, 0.29) is 0 Å². The number of nitrogens with one attached hydrogen (secondary N) is 1. The first kappa shape index (κ1) is 13.4. The van der Waals surface area contributed by atoms with Gasteiger partial charge in [-0.3, -0.25) is 4.90 Å². The molecule has 2 atom stereocenters. The fraction of sp³-hybridized carbons (Fsp3) is 0.600. The van der Waals surface area contributed by atoms with Crippen LogP contribution in [0.1, 0.15) is 26.6 Å². The first-order valence-corrected chi connectivity index (χ1v) is 7.42. The molecule has 0 amide bonds. The maximum Gasteiger partial charge on any atom is 0.143 e. The second kappa shape index (κ2) is 5.05. The van der Waals surface area contributed by atoms with Crippen LogP contribution in [0, 0.1) is 6.92 Å². The van der Waals surface area contributed by atoms with Gasteiger partial charge >= 0.3 is 0 Å². The average molecular weight is 273 g/mol. The third kappa shape index (κ3) is 2.16. The van der Waals surface area contributed by atoms with E-state index < -0.39 is 0 Å². The largest absolute Gasteiger partial charge is 0.353 e. The Bertz CT molecular complexity index is 593. The van der Waals surface area contributed by atoms with E-state index in [1.54, 1.807) is 0 Å². The summed E-state index contributed by atoms with van der Waals surface area (Å²) in [5, 5.41) is 1.12. The SMILES string of the molecule is CCN1[C@H](C)CN(c2nc(C)nc3[nH]ccc23)C[C@@H]1C. The van der Waals surface area contributed by atoms with Crippen molar-refractivity contribution in [1.29, 1.82) is 0 Å². The zero-order valence-corrected chi connectivity index (χ0v) is 12.7. The van der Waals surface area contributed by atoms with Gasteiger partial charge in [0, 0.05) is 31.4 Å². The van der Waals surface area contributed by atoms with E-state index in [9.17, 15) is 0 Å². The Balaban J connectivity index is 1.97. The molecule has 0 radical (unpaired) electrons. The standard InChI is InChI=1S/C15H23N5/c1-5-20-10(2)8-19(9-11(20)3)15-13-6-7-16-14(13)17-12(4)18-15/h6-7,10-11H,5,8-9H2,1-4H3,(H,16,17,18)/t10-,11+. The Morgan fingerprint density at radius 3 is 2.60 bits per heavy atom. The summed E-state index contributed by atoms with van der Waals surface area (Å²) >= 11 is 0. The number of aryl methyl sites for hydroxylation is 1. The Kier molecular flexibility index (Phi) is 3.38. The topological polar surface area (TPSA) is 48.1 Å². The molecule has 0 aromatic carbocycles. The molecule has 0 saturated carbocycles. The minimum Gasteiger partial charge on any atom is -0.353 e. The van der Waals surface area contributed by atoms with Gasteiger partial charge in [-0.15, -0.1) is 0 Å². The molecule has 1 N–H and O–H groups in total. The van der Waals surface area contributed by atoms with Gasteiger partial charge in [0.15, 0.2) is 0 Å². The number of aromatic nitrogens is 3. The monoisotopic (exact) mass is 273 g/mol. The summed E-state index contributed by atoms with van der Waals surface area (Å²) in [6.07, 6.45) is 1.94. The maximum absolute atomic E-state index is 4.69. The number of hydrogen-bond acceptors (Lipinski definition) is 4. The summed E-state index contributed by atoms with van der Waals surface area (Å²) in [5.41, 5.74) is 0.936. The van der Waals surface area contributed by atoms with Crippen molar-refractivity contribution in [1.82, 2.24) is 19.9 Å². The number of piperazine rings is 1. The lowest BCUT2D eigenvalue weighted by atomic mass is 10.1. The van der Waals surface area contributed by atoms with Crippen molar-refractivity contribution in [3.63, 3.8) is 0 Å². The van der Waals surface area contributed by atoms with E-state index in [0.29, 0.717) is 12.1 Å². The molecule has 5 heteroatoms. The summed E-state index contributed by atoms with van der Waals surface area (Å²) in [6, 6.07) is 3.17. The van der Waals surface area contributed by atoms with Crippen LogP contribution in [0.5, 0.6) is 0 Å². The van der Waals surface area contributed by atoms with Crippen LogP contribution < -0.4 is 4.90 Å². The van der Waals surface area contributed by atoms with Gasteiger partial charge in [0.05, 0.1) is 5.39 Å². The van der Waals surface area contributed by atoms with Gasteiger partial charge in [0.1, 0.15) is 17.3 Å². The predicted octanol–water partition coefficient (Wildman–Crippen LogP) is 2.19. The molecule has 3 heterocycles. The van der Waals surface area contributed by atoms with E-state index in [2.05, 4.69) is 46.6 Å². The van der Waals surface area contributed by atoms with Crippen LogP contribution in [0.25, 0.3) is 11.0 Å². The van der Waals surface area contributed by atoms with Crippen molar-refractivity contribution in [3.8, 4) is 0 Å². The molecule has 2 aromatic heterocycles. The summed E-state index contributed by atoms with van der Waals surface area (Å²) in [4.78, 5) is 17.3. The second-order valence-electron chi connectivity index (χ2n) is 5.77. The molecular weight excluding hydrogens is 250 g/mol. The summed E-state index contributed by atoms with van der Waals surface area (Å²) < 4.78 is 0. The quantitative estimate of drug-likeness (QED) is 0.911. The molecule has 3 rings (SSSR count). The van der Waals surface area contributed by atoms with Crippen LogP contribution in [0.3, 0.4) is 0 Å². The highest BCUT2D eigenvalue weighted by Gasteiger charge is 2.29. The molecule has 108 valence electrons. The van der Waals surface area contributed by atoms with Crippen LogP contribution in [-0.2, 0) is 0 Å². The minimum atomic E-state index is 0.549. The molecule has 0 bridgehead atoms. The van der Waals surface area contributed by atoms with Crippen molar-refractivity contribution >= 4 is 16.9 Å². The third-order valence-electron chi connectivity index (χ3n) is 4.27. The number of hydrogen-bond donors (Lipinski definition) is 1. The lowest BCUT2D eigenvalue weighted by molar-refractivity contribution is 0.140.